The lowest BCUT2D eigenvalue weighted by Gasteiger charge is -2.11. The maximum atomic E-state index is 12.8. The number of thiazole rings is 1. The topological polar surface area (TPSA) is 87.2 Å². The van der Waals surface area contributed by atoms with Crippen molar-refractivity contribution >= 4 is 34.8 Å². The first-order valence-electron chi connectivity index (χ1n) is 9.30. The van der Waals surface area contributed by atoms with E-state index in [2.05, 4.69) is 9.72 Å². The minimum Gasteiger partial charge on any atom is -0.435 e. The Labute approximate surface area is 186 Å². The van der Waals surface area contributed by atoms with Crippen molar-refractivity contribution in [2.45, 2.75) is 38.1 Å². The highest BCUT2D eigenvalue weighted by Gasteiger charge is 2.18. The maximum Gasteiger partial charge on any atom is 0.387 e. The van der Waals surface area contributed by atoms with Gasteiger partial charge in [-0.05, 0) is 51.1 Å². The molecule has 3 aromatic rings. The Morgan fingerprint density at radius 3 is 2.52 bits per heavy atom. The number of rotatable bonds is 9. The maximum absolute atomic E-state index is 12.8. The van der Waals surface area contributed by atoms with Crippen molar-refractivity contribution in [2.24, 2.45) is 5.73 Å². The number of hydrogen-bond donors (Lipinski definition) is 1. The molecule has 2 N–H and O–H groups in total. The fourth-order valence-corrected chi connectivity index (χ4v) is 5.34. The molecule has 0 aliphatic heterocycles. The Bertz CT molecular complexity index is 1110. The molecule has 10 heteroatoms. The molecule has 0 aliphatic rings. The zero-order chi connectivity index (χ0) is 22.7. The molecule has 6 nitrogen and oxygen atoms in total. The van der Waals surface area contributed by atoms with E-state index in [-0.39, 0.29) is 23.7 Å². The number of nitrogens with zero attached hydrogens (tertiary/aromatic N) is 2. The van der Waals surface area contributed by atoms with E-state index in [1.54, 1.807) is 12.1 Å². The van der Waals surface area contributed by atoms with Crippen LogP contribution in [0.5, 0.6) is 5.75 Å². The average Bonchev–Trinajstić information content (AvgIpc) is 3.18. The summed E-state index contributed by atoms with van der Waals surface area (Å²) >= 11 is 2.69. The number of benzene rings is 1. The second-order valence-corrected chi connectivity index (χ2v) is 9.14. The predicted molar refractivity (Wildman–Crippen MR) is 117 cm³/mol. The minimum atomic E-state index is -2.88. The van der Waals surface area contributed by atoms with Crippen LogP contribution in [0.4, 0.5) is 8.78 Å². The molecule has 0 aliphatic carbocycles. The highest BCUT2D eigenvalue weighted by Crippen LogP contribution is 2.29. The van der Waals surface area contributed by atoms with Crippen molar-refractivity contribution in [3.05, 3.63) is 57.9 Å². The highest BCUT2D eigenvalue weighted by molar-refractivity contribution is 8.01. The lowest BCUT2D eigenvalue weighted by atomic mass is 10.2. The molecule has 1 amide bonds. The highest BCUT2D eigenvalue weighted by atomic mass is 32.2. The van der Waals surface area contributed by atoms with Gasteiger partial charge in [-0.1, -0.05) is 11.8 Å². The molecule has 31 heavy (non-hydrogen) atoms. The average molecular weight is 466 g/mol. The number of primary amides is 1. The van der Waals surface area contributed by atoms with E-state index in [1.807, 2.05) is 31.4 Å². The number of carbonyl (C=O) groups excluding carboxylic acids is 2. The summed E-state index contributed by atoms with van der Waals surface area (Å²) in [6.45, 7) is 2.65. The molecular weight excluding hydrogens is 444 g/mol. The van der Waals surface area contributed by atoms with Crippen molar-refractivity contribution in [1.82, 2.24) is 9.55 Å². The van der Waals surface area contributed by atoms with E-state index in [0.29, 0.717) is 9.90 Å². The van der Waals surface area contributed by atoms with Crippen LogP contribution in [0.25, 0.3) is 5.69 Å². The molecule has 0 spiro atoms. The van der Waals surface area contributed by atoms with Gasteiger partial charge in [0, 0.05) is 27.5 Å². The summed E-state index contributed by atoms with van der Waals surface area (Å²) < 4.78 is 31.7. The van der Waals surface area contributed by atoms with Gasteiger partial charge in [-0.3, -0.25) is 9.59 Å². The number of ether oxygens (including phenoxy) is 1. The molecule has 2 aromatic heterocycles. The van der Waals surface area contributed by atoms with Crippen LogP contribution in [0.1, 0.15) is 32.3 Å². The van der Waals surface area contributed by atoms with Gasteiger partial charge in [0.1, 0.15) is 5.75 Å². The van der Waals surface area contributed by atoms with Crippen molar-refractivity contribution in [3.63, 3.8) is 0 Å². The Hall–Kier alpha value is -2.72. The van der Waals surface area contributed by atoms with Crippen LogP contribution in [0.3, 0.4) is 0 Å². The second kappa shape index (κ2) is 9.61. The van der Waals surface area contributed by atoms with Crippen molar-refractivity contribution in [3.8, 4) is 11.4 Å². The number of aromatic nitrogens is 2. The van der Waals surface area contributed by atoms with Crippen LogP contribution in [0, 0.1) is 20.8 Å². The number of thioether (sulfide) groups is 1. The van der Waals surface area contributed by atoms with Gasteiger partial charge in [0.25, 0.3) is 0 Å². The van der Waals surface area contributed by atoms with Gasteiger partial charge in [-0.15, -0.1) is 11.3 Å². The third kappa shape index (κ3) is 5.50. The number of alkyl halides is 2. The van der Waals surface area contributed by atoms with Gasteiger partial charge in [-0.25, -0.2) is 4.98 Å². The molecule has 0 radical (unpaired) electrons. The summed E-state index contributed by atoms with van der Waals surface area (Å²) in [6, 6.07) is 8.07. The molecule has 0 bridgehead atoms. The van der Waals surface area contributed by atoms with Crippen LogP contribution in [-0.4, -0.2) is 33.6 Å². The van der Waals surface area contributed by atoms with E-state index in [1.165, 1.54) is 35.2 Å². The Kier molecular flexibility index (Phi) is 7.11. The number of hydrogen-bond acceptors (Lipinski definition) is 6. The molecule has 3 rings (SSSR count). The molecule has 2 heterocycles. The van der Waals surface area contributed by atoms with Crippen LogP contribution in [0.2, 0.25) is 0 Å². The fourth-order valence-electron chi connectivity index (χ4n) is 3.21. The van der Waals surface area contributed by atoms with E-state index >= 15 is 0 Å². The molecule has 164 valence electrons. The summed E-state index contributed by atoms with van der Waals surface area (Å²) in [5.74, 6) is -0.190. The minimum absolute atomic E-state index is 0.0497. The molecule has 0 saturated heterocycles. The summed E-state index contributed by atoms with van der Waals surface area (Å²) in [5, 5.41) is 0. The number of Topliss-reactive ketones (excluding diaryl/α,β-unsaturated/α-hetero) is 1. The zero-order valence-electron chi connectivity index (χ0n) is 17.1. The van der Waals surface area contributed by atoms with E-state index in [9.17, 15) is 18.4 Å². The Morgan fingerprint density at radius 1 is 1.23 bits per heavy atom. The Balaban J connectivity index is 1.74. The standard InChI is InChI=1S/C21H21F2N3O3S2/c1-11-8-16(13(3)26(11)14-4-6-15(7-5-14)29-20(22)23)17(27)10-30-21-25-12(2)18(31-21)9-19(24)28/h4-8,20H,9-10H2,1-3H3,(H2,24,28). The normalized spacial score (nSPS) is 11.2. The van der Waals surface area contributed by atoms with Gasteiger partial charge in [0.2, 0.25) is 5.91 Å². The summed E-state index contributed by atoms with van der Waals surface area (Å²) in [4.78, 5) is 29.2. The van der Waals surface area contributed by atoms with Crippen LogP contribution in [0.15, 0.2) is 34.7 Å². The Morgan fingerprint density at radius 2 is 1.90 bits per heavy atom. The number of carbonyl (C=O) groups is 2. The molecule has 0 saturated carbocycles. The van der Waals surface area contributed by atoms with Crippen LogP contribution >= 0.6 is 23.1 Å². The number of nitrogens with two attached hydrogens (primary N) is 1. The number of amides is 1. The first-order valence-corrected chi connectivity index (χ1v) is 11.1. The van der Waals surface area contributed by atoms with E-state index < -0.39 is 12.5 Å². The fraction of sp³-hybridized carbons (Fsp3) is 0.286. The number of halogens is 2. The first-order chi connectivity index (χ1) is 14.7. The van der Waals surface area contributed by atoms with Gasteiger partial charge in [-0.2, -0.15) is 8.78 Å². The third-order valence-corrected chi connectivity index (χ3v) is 6.89. The van der Waals surface area contributed by atoms with Gasteiger partial charge < -0.3 is 15.0 Å². The number of aryl methyl sites for hydroxylation is 2. The van der Waals surface area contributed by atoms with Gasteiger partial charge in [0.05, 0.1) is 17.9 Å². The largest absolute Gasteiger partial charge is 0.435 e. The van der Waals surface area contributed by atoms with Crippen LogP contribution in [-0.2, 0) is 11.2 Å². The monoisotopic (exact) mass is 465 g/mol. The number of ketones is 1. The smallest absolute Gasteiger partial charge is 0.387 e. The molecule has 0 unspecified atom stereocenters. The quantitative estimate of drug-likeness (QED) is 0.372. The summed E-state index contributed by atoms with van der Waals surface area (Å²) in [7, 11) is 0. The van der Waals surface area contributed by atoms with Crippen molar-refractivity contribution < 1.29 is 23.1 Å². The SMILES string of the molecule is Cc1nc(SCC(=O)c2cc(C)n(-c3ccc(OC(F)F)cc3)c2C)sc1CC(N)=O. The molecule has 0 atom stereocenters. The second-order valence-electron chi connectivity index (χ2n) is 6.84. The predicted octanol–water partition coefficient (Wildman–Crippen LogP) is 4.46. The molecular formula is C21H21F2N3O3S2. The van der Waals surface area contributed by atoms with Crippen molar-refractivity contribution in [1.29, 1.82) is 0 Å². The first kappa shape index (κ1) is 23.0. The summed E-state index contributed by atoms with van der Waals surface area (Å²) in [6.07, 6.45) is 0.139. The zero-order valence-corrected chi connectivity index (χ0v) is 18.8. The molecule has 1 aromatic carbocycles. The lowest BCUT2D eigenvalue weighted by molar-refractivity contribution is -0.117. The van der Waals surface area contributed by atoms with Crippen molar-refractivity contribution in [2.75, 3.05) is 5.75 Å². The van der Waals surface area contributed by atoms with E-state index in [0.717, 1.165) is 27.6 Å². The molecule has 0 fully saturated rings. The lowest BCUT2D eigenvalue weighted by Crippen LogP contribution is -2.13. The van der Waals surface area contributed by atoms with Gasteiger partial charge in [0.15, 0.2) is 10.1 Å². The summed E-state index contributed by atoms with van der Waals surface area (Å²) in [5.41, 5.74) is 8.94. The third-order valence-electron chi connectivity index (χ3n) is 4.59. The van der Waals surface area contributed by atoms with Crippen LogP contribution < -0.4 is 10.5 Å². The van der Waals surface area contributed by atoms with Gasteiger partial charge >= 0.3 is 6.61 Å². The van der Waals surface area contributed by atoms with E-state index in [4.69, 9.17) is 5.73 Å².